The summed E-state index contributed by atoms with van der Waals surface area (Å²) in [6, 6.07) is 8.46. The molecule has 0 saturated carbocycles. The summed E-state index contributed by atoms with van der Waals surface area (Å²) in [5, 5.41) is 0.220. The molecule has 0 atom stereocenters. The number of aryl methyl sites for hydroxylation is 2. The first-order chi connectivity index (χ1) is 12.0. The second-order valence-corrected chi connectivity index (χ2v) is 6.32. The van der Waals surface area contributed by atoms with Crippen LogP contribution in [0, 0.1) is 0 Å². The van der Waals surface area contributed by atoms with Crippen LogP contribution in [0.4, 0.5) is 5.69 Å². The Hall–Kier alpha value is -2.53. The van der Waals surface area contributed by atoms with Crippen molar-refractivity contribution in [3.05, 3.63) is 57.6 Å². The second-order valence-electron chi connectivity index (χ2n) is 5.91. The molecule has 5 nitrogen and oxygen atoms in total. The SMILES string of the molecule is COc1cc(N)c(Cl)cc1C(=O)OCC(=O)c1ccc2c(c1)CCC2. The molecule has 130 valence electrons. The minimum absolute atomic E-state index is 0.128. The molecule has 2 aromatic carbocycles. The van der Waals surface area contributed by atoms with Gasteiger partial charge in [-0.25, -0.2) is 4.79 Å². The highest BCUT2D eigenvalue weighted by Crippen LogP contribution is 2.29. The summed E-state index contributed by atoms with van der Waals surface area (Å²) in [6.45, 7) is -0.344. The quantitative estimate of drug-likeness (QED) is 0.502. The summed E-state index contributed by atoms with van der Waals surface area (Å²) in [6.07, 6.45) is 3.15. The first kappa shape index (κ1) is 17.3. The molecular weight excluding hydrogens is 342 g/mol. The molecule has 1 aliphatic carbocycles. The fourth-order valence-corrected chi connectivity index (χ4v) is 3.10. The molecule has 0 bridgehead atoms. The van der Waals surface area contributed by atoms with Gasteiger partial charge in [0.05, 0.1) is 17.8 Å². The average Bonchev–Trinajstić information content (AvgIpc) is 3.08. The van der Waals surface area contributed by atoms with Crippen molar-refractivity contribution in [2.24, 2.45) is 0 Å². The van der Waals surface area contributed by atoms with Crippen LogP contribution in [-0.2, 0) is 17.6 Å². The maximum absolute atomic E-state index is 12.3. The molecule has 0 heterocycles. The summed E-state index contributed by atoms with van der Waals surface area (Å²) >= 11 is 5.94. The molecule has 0 aromatic heterocycles. The molecule has 6 heteroatoms. The number of halogens is 1. The van der Waals surface area contributed by atoms with Crippen LogP contribution >= 0.6 is 11.6 Å². The molecule has 0 saturated heterocycles. The minimum Gasteiger partial charge on any atom is -0.496 e. The second kappa shape index (κ2) is 7.15. The first-order valence-electron chi connectivity index (χ1n) is 7.94. The van der Waals surface area contributed by atoms with E-state index in [4.69, 9.17) is 26.8 Å². The van der Waals surface area contributed by atoms with E-state index in [9.17, 15) is 9.59 Å². The van der Waals surface area contributed by atoms with Gasteiger partial charge in [0.15, 0.2) is 12.4 Å². The van der Waals surface area contributed by atoms with Crippen molar-refractivity contribution >= 4 is 29.0 Å². The number of carbonyl (C=O) groups is 2. The lowest BCUT2D eigenvalue weighted by Crippen LogP contribution is -2.15. The lowest BCUT2D eigenvalue weighted by molar-refractivity contribution is 0.0471. The number of Topliss-reactive ketones (excluding diaryl/α,β-unsaturated/α-hetero) is 1. The highest BCUT2D eigenvalue weighted by atomic mass is 35.5. The first-order valence-corrected chi connectivity index (χ1v) is 8.32. The summed E-state index contributed by atoms with van der Waals surface area (Å²) in [4.78, 5) is 24.6. The molecule has 25 heavy (non-hydrogen) atoms. The third kappa shape index (κ3) is 3.61. The standard InChI is InChI=1S/C19H18ClNO4/c1-24-18-9-16(21)15(20)8-14(18)19(23)25-10-17(22)13-6-5-11-3-2-4-12(11)7-13/h5-9H,2-4,10,21H2,1H3. The Kier molecular flexibility index (Phi) is 4.95. The van der Waals surface area contributed by atoms with Crippen molar-refractivity contribution in [1.29, 1.82) is 0 Å². The minimum atomic E-state index is -0.687. The number of ketones is 1. The number of rotatable bonds is 5. The zero-order valence-electron chi connectivity index (χ0n) is 13.8. The molecule has 0 aliphatic heterocycles. The van der Waals surface area contributed by atoms with Crippen LogP contribution in [-0.4, -0.2) is 25.5 Å². The number of benzene rings is 2. The van der Waals surface area contributed by atoms with Crippen molar-refractivity contribution in [3.8, 4) is 5.75 Å². The lowest BCUT2D eigenvalue weighted by atomic mass is 10.0. The Morgan fingerprint density at radius 1 is 1.16 bits per heavy atom. The van der Waals surface area contributed by atoms with E-state index >= 15 is 0 Å². The number of fused-ring (bicyclic) bond motifs is 1. The summed E-state index contributed by atoms with van der Waals surface area (Å²) < 4.78 is 10.3. The zero-order valence-corrected chi connectivity index (χ0v) is 14.6. The Morgan fingerprint density at radius 2 is 1.92 bits per heavy atom. The van der Waals surface area contributed by atoms with Crippen molar-refractivity contribution in [2.75, 3.05) is 19.5 Å². The highest BCUT2D eigenvalue weighted by Gasteiger charge is 2.19. The third-order valence-corrected chi connectivity index (χ3v) is 4.62. The van der Waals surface area contributed by atoms with E-state index in [0.29, 0.717) is 11.3 Å². The molecule has 1 aliphatic rings. The number of nitrogens with two attached hydrogens (primary N) is 1. The third-order valence-electron chi connectivity index (χ3n) is 4.29. The number of methoxy groups -OCH3 is 1. The van der Waals surface area contributed by atoms with E-state index in [2.05, 4.69) is 0 Å². The largest absolute Gasteiger partial charge is 0.496 e. The molecule has 0 spiro atoms. The number of ether oxygens (including phenoxy) is 2. The molecule has 2 N–H and O–H groups in total. The number of hydrogen-bond acceptors (Lipinski definition) is 5. The van der Waals surface area contributed by atoms with Gasteiger partial charge in [-0.15, -0.1) is 0 Å². The van der Waals surface area contributed by atoms with E-state index < -0.39 is 5.97 Å². The fourth-order valence-electron chi connectivity index (χ4n) is 2.93. The van der Waals surface area contributed by atoms with Crippen molar-refractivity contribution in [2.45, 2.75) is 19.3 Å². The van der Waals surface area contributed by atoms with E-state index in [0.717, 1.165) is 19.3 Å². The van der Waals surface area contributed by atoms with Crippen molar-refractivity contribution < 1.29 is 19.1 Å². The normalized spacial score (nSPS) is 12.6. The van der Waals surface area contributed by atoms with Gasteiger partial charge in [0.2, 0.25) is 0 Å². The van der Waals surface area contributed by atoms with Gasteiger partial charge >= 0.3 is 5.97 Å². The van der Waals surface area contributed by atoms with Gasteiger partial charge in [-0.05, 0) is 42.5 Å². The summed E-state index contributed by atoms with van der Waals surface area (Å²) in [5.74, 6) is -0.686. The van der Waals surface area contributed by atoms with E-state index in [1.807, 2.05) is 12.1 Å². The van der Waals surface area contributed by atoms with Gasteiger partial charge in [0, 0.05) is 11.6 Å². The molecule has 0 amide bonds. The number of hydrogen-bond donors (Lipinski definition) is 1. The highest BCUT2D eigenvalue weighted by molar-refractivity contribution is 6.33. The van der Waals surface area contributed by atoms with Crippen LogP contribution in [0.5, 0.6) is 5.75 Å². The van der Waals surface area contributed by atoms with Gasteiger partial charge in [-0.3, -0.25) is 4.79 Å². The zero-order chi connectivity index (χ0) is 18.0. The monoisotopic (exact) mass is 359 g/mol. The topological polar surface area (TPSA) is 78.6 Å². The Bertz CT molecular complexity index is 848. The van der Waals surface area contributed by atoms with E-state index in [1.165, 1.54) is 30.4 Å². The van der Waals surface area contributed by atoms with Crippen LogP contribution in [0.15, 0.2) is 30.3 Å². The lowest BCUT2D eigenvalue weighted by Gasteiger charge is -2.11. The maximum Gasteiger partial charge on any atom is 0.342 e. The number of anilines is 1. The Morgan fingerprint density at radius 3 is 2.68 bits per heavy atom. The van der Waals surface area contributed by atoms with Gasteiger partial charge in [0.1, 0.15) is 11.3 Å². The number of esters is 1. The van der Waals surface area contributed by atoms with E-state index in [-0.39, 0.29) is 28.7 Å². The predicted molar refractivity (Wildman–Crippen MR) is 95.5 cm³/mol. The van der Waals surface area contributed by atoms with Crippen LogP contribution in [0.2, 0.25) is 5.02 Å². The molecule has 2 aromatic rings. The maximum atomic E-state index is 12.3. The molecule has 0 fully saturated rings. The summed E-state index contributed by atoms with van der Waals surface area (Å²) in [7, 11) is 1.41. The van der Waals surface area contributed by atoms with Gasteiger partial charge in [0.25, 0.3) is 0 Å². The van der Waals surface area contributed by atoms with Crippen molar-refractivity contribution in [3.63, 3.8) is 0 Å². The van der Waals surface area contributed by atoms with Crippen LogP contribution in [0.1, 0.15) is 38.3 Å². The molecule has 0 unspecified atom stereocenters. The molecule has 3 rings (SSSR count). The van der Waals surface area contributed by atoms with Crippen LogP contribution in [0.25, 0.3) is 0 Å². The average molecular weight is 360 g/mol. The number of carbonyl (C=O) groups excluding carboxylic acids is 2. The van der Waals surface area contributed by atoms with Crippen LogP contribution in [0.3, 0.4) is 0 Å². The molecule has 0 radical (unpaired) electrons. The van der Waals surface area contributed by atoms with Gasteiger partial charge < -0.3 is 15.2 Å². The van der Waals surface area contributed by atoms with Crippen molar-refractivity contribution in [1.82, 2.24) is 0 Å². The number of nitrogen functional groups attached to an aromatic ring is 1. The van der Waals surface area contributed by atoms with E-state index in [1.54, 1.807) is 6.07 Å². The van der Waals surface area contributed by atoms with Crippen LogP contribution < -0.4 is 10.5 Å². The van der Waals surface area contributed by atoms with Gasteiger partial charge in [-0.1, -0.05) is 23.7 Å². The fraction of sp³-hybridized carbons (Fsp3) is 0.263. The molecular formula is C19H18ClNO4. The summed E-state index contributed by atoms with van der Waals surface area (Å²) in [5.41, 5.74) is 9.15. The van der Waals surface area contributed by atoms with Gasteiger partial charge in [-0.2, -0.15) is 0 Å². The Labute approximate surface area is 150 Å². The Balaban J connectivity index is 1.70. The predicted octanol–water partition coefficient (Wildman–Crippen LogP) is 3.46. The smallest absolute Gasteiger partial charge is 0.342 e.